The van der Waals surface area contributed by atoms with E-state index in [0.29, 0.717) is 27.7 Å². The first-order valence-corrected chi connectivity index (χ1v) is 15.6. The molecular weight excluding hydrogens is 601 g/mol. The minimum absolute atomic E-state index is 0.0368. The summed E-state index contributed by atoms with van der Waals surface area (Å²) in [6.07, 6.45) is 5.29. The van der Waals surface area contributed by atoms with Crippen LogP contribution >= 0.6 is 39.1 Å². The molecule has 1 N–H and O–H groups in total. The molecule has 1 aliphatic carbocycles. The summed E-state index contributed by atoms with van der Waals surface area (Å²) < 4.78 is 27.4. The minimum Gasteiger partial charge on any atom is -0.352 e. The Morgan fingerprint density at radius 3 is 2.30 bits per heavy atom. The summed E-state index contributed by atoms with van der Waals surface area (Å²) in [6, 6.07) is 9.33. The number of rotatable bonds is 10. The second-order valence-corrected chi connectivity index (χ2v) is 12.9. The van der Waals surface area contributed by atoms with E-state index in [-0.39, 0.29) is 18.5 Å². The second kappa shape index (κ2) is 12.8. The maximum atomic E-state index is 13.8. The quantitative estimate of drug-likeness (QED) is 0.364. The van der Waals surface area contributed by atoms with Crippen LogP contribution in [0.1, 0.15) is 50.2 Å². The molecule has 37 heavy (non-hydrogen) atoms. The number of carbonyl (C=O) groups excluding carboxylic acids is 2. The monoisotopic (exact) mass is 631 g/mol. The van der Waals surface area contributed by atoms with Crippen LogP contribution in [-0.4, -0.2) is 50.0 Å². The third-order valence-electron chi connectivity index (χ3n) is 6.59. The van der Waals surface area contributed by atoms with Gasteiger partial charge in [-0.3, -0.25) is 13.9 Å². The zero-order valence-electron chi connectivity index (χ0n) is 21.1. The predicted molar refractivity (Wildman–Crippen MR) is 153 cm³/mol. The normalized spacial score (nSPS) is 14.9. The summed E-state index contributed by atoms with van der Waals surface area (Å²) in [5.41, 5.74) is 1.67. The summed E-state index contributed by atoms with van der Waals surface area (Å²) in [4.78, 5) is 28.6. The number of hydrogen-bond donors (Lipinski definition) is 1. The molecule has 1 atom stereocenters. The lowest BCUT2D eigenvalue weighted by molar-refractivity contribution is -0.140. The summed E-state index contributed by atoms with van der Waals surface area (Å²) in [7, 11) is -3.82. The van der Waals surface area contributed by atoms with E-state index in [2.05, 4.69) is 21.2 Å². The Hall–Kier alpha value is -1.81. The molecule has 0 unspecified atom stereocenters. The highest BCUT2D eigenvalue weighted by Gasteiger charge is 2.33. The van der Waals surface area contributed by atoms with Gasteiger partial charge in [-0.1, -0.05) is 65.0 Å². The first-order valence-electron chi connectivity index (χ1n) is 12.2. The lowest BCUT2D eigenvalue weighted by Gasteiger charge is -2.34. The van der Waals surface area contributed by atoms with Gasteiger partial charge in [-0.2, -0.15) is 0 Å². The predicted octanol–water partition coefficient (Wildman–Crippen LogP) is 5.70. The first kappa shape index (κ1) is 29.7. The summed E-state index contributed by atoms with van der Waals surface area (Å²) in [6.45, 7) is 3.14. The molecule has 0 aliphatic heterocycles. The molecule has 202 valence electrons. The van der Waals surface area contributed by atoms with Gasteiger partial charge in [0, 0.05) is 32.7 Å². The molecule has 0 saturated heterocycles. The molecule has 7 nitrogen and oxygen atoms in total. The average Bonchev–Trinajstić information content (AvgIpc) is 3.33. The van der Waals surface area contributed by atoms with Crippen LogP contribution in [0.3, 0.4) is 0 Å². The van der Waals surface area contributed by atoms with Crippen molar-refractivity contribution in [2.24, 2.45) is 0 Å². The lowest BCUT2D eigenvalue weighted by atomic mass is 10.1. The number of hydrogen-bond acceptors (Lipinski definition) is 4. The van der Waals surface area contributed by atoms with Crippen LogP contribution in [-0.2, 0) is 26.2 Å². The van der Waals surface area contributed by atoms with Crippen LogP contribution in [0, 0.1) is 6.92 Å². The largest absolute Gasteiger partial charge is 0.352 e. The number of nitrogens with zero attached hydrogens (tertiary/aromatic N) is 2. The van der Waals surface area contributed by atoms with Crippen LogP contribution in [0.2, 0.25) is 10.0 Å². The van der Waals surface area contributed by atoms with Gasteiger partial charge < -0.3 is 10.2 Å². The Balaban J connectivity index is 1.98. The highest BCUT2D eigenvalue weighted by atomic mass is 79.9. The van der Waals surface area contributed by atoms with E-state index < -0.39 is 28.5 Å². The summed E-state index contributed by atoms with van der Waals surface area (Å²) >= 11 is 16.3. The smallest absolute Gasteiger partial charge is 0.244 e. The fraction of sp³-hybridized carbons (Fsp3) is 0.462. The molecule has 0 spiro atoms. The molecule has 0 bridgehead atoms. The SMILES string of the molecule is CC[C@H](C(=O)NC1CCCC1)N(Cc1c(Cl)cccc1Cl)C(=O)CN(c1ccc(Br)c(C)c1)S(C)(=O)=O. The second-order valence-electron chi connectivity index (χ2n) is 9.34. The number of carbonyl (C=O) groups is 2. The highest BCUT2D eigenvalue weighted by molar-refractivity contribution is 9.10. The fourth-order valence-corrected chi connectivity index (χ4v) is 6.14. The molecule has 0 radical (unpaired) electrons. The van der Waals surface area contributed by atoms with Crippen molar-refractivity contribution >= 4 is 66.7 Å². The summed E-state index contributed by atoms with van der Waals surface area (Å²) in [5.74, 6) is -0.799. The molecule has 11 heteroatoms. The van der Waals surface area contributed by atoms with Gasteiger partial charge in [0.15, 0.2) is 0 Å². The molecule has 1 fully saturated rings. The van der Waals surface area contributed by atoms with Gasteiger partial charge in [0.05, 0.1) is 11.9 Å². The number of benzene rings is 2. The van der Waals surface area contributed by atoms with Crippen molar-refractivity contribution in [2.45, 2.75) is 64.6 Å². The third kappa shape index (κ3) is 7.62. The van der Waals surface area contributed by atoms with Crippen LogP contribution in [0.25, 0.3) is 0 Å². The van der Waals surface area contributed by atoms with E-state index >= 15 is 0 Å². The van der Waals surface area contributed by atoms with Gasteiger partial charge in [0.1, 0.15) is 12.6 Å². The van der Waals surface area contributed by atoms with E-state index in [1.807, 2.05) is 13.8 Å². The van der Waals surface area contributed by atoms with Gasteiger partial charge in [-0.25, -0.2) is 8.42 Å². The van der Waals surface area contributed by atoms with Gasteiger partial charge in [-0.05, 0) is 62.1 Å². The van der Waals surface area contributed by atoms with E-state index in [9.17, 15) is 18.0 Å². The minimum atomic E-state index is -3.82. The zero-order valence-corrected chi connectivity index (χ0v) is 25.1. The van der Waals surface area contributed by atoms with Gasteiger partial charge in [0.2, 0.25) is 21.8 Å². The topological polar surface area (TPSA) is 86.8 Å². The molecule has 2 aromatic carbocycles. The van der Waals surface area contributed by atoms with Crippen molar-refractivity contribution in [1.29, 1.82) is 0 Å². The Kier molecular flexibility index (Phi) is 10.3. The molecule has 1 saturated carbocycles. The fourth-order valence-electron chi connectivity index (χ4n) is 4.54. The third-order valence-corrected chi connectivity index (χ3v) is 9.32. The van der Waals surface area contributed by atoms with Gasteiger partial charge in [-0.15, -0.1) is 0 Å². The van der Waals surface area contributed by atoms with Gasteiger partial charge in [0.25, 0.3) is 0 Å². The maximum Gasteiger partial charge on any atom is 0.244 e. The molecule has 1 aliphatic rings. The van der Waals surface area contributed by atoms with Crippen LogP contribution in [0.4, 0.5) is 5.69 Å². The van der Waals surface area contributed by atoms with Crippen LogP contribution < -0.4 is 9.62 Å². The van der Waals surface area contributed by atoms with Crippen molar-refractivity contribution in [3.05, 3.63) is 62.0 Å². The number of aryl methyl sites for hydroxylation is 1. The van der Waals surface area contributed by atoms with E-state index in [0.717, 1.165) is 46.3 Å². The van der Waals surface area contributed by atoms with Crippen molar-refractivity contribution < 1.29 is 18.0 Å². The highest BCUT2D eigenvalue weighted by Crippen LogP contribution is 2.29. The van der Waals surface area contributed by atoms with E-state index in [4.69, 9.17) is 23.2 Å². The number of amides is 2. The molecule has 0 heterocycles. The molecule has 3 rings (SSSR count). The van der Waals surface area contributed by atoms with E-state index in [1.54, 1.807) is 36.4 Å². The number of nitrogens with one attached hydrogen (secondary N) is 1. The number of sulfonamides is 1. The molecule has 2 amide bonds. The first-order chi connectivity index (χ1) is 17.4. The lowest BCUT2D eigenvalue weighted by Crippen LogP contribution is -2.53. The van der Waals surface area contributed by atoms with Crippen molar-refractivity contribution in [3.8, 4) is 0 Å². The van der Waals surface area contributed by atoms with Crippen molar-refractivity contribution in [3.63, 3.8) is 0 Å². The standard InChI is InChI=1S/C26H32BrCl2N3O4S/c1-4-24(26(34)30-18-8-5-6-9-18)31(15-20-22(28)10-7-11-23(20)29)25(33)16-32(37(3,35)36)19-12-13-21(27)17(2)14-19/h7,10-14,18,24H,4-6,8-9,15-16H2,1-3H3,(H,30,34)/t24-/m1/s1. The summed E-state index contributed by atoms with van der Waals surface area (Å²) in [5, 5.41) is 3.80. The number of halogens is 3. The van der Waals surface area contributed by atoms with Crippen molar-refractivity contribution in [2.75, 3.05) is 17.1 Å². The van der Waals surface area contributed by atoms with Crippen molar-refractivity contribution in [1.82, 2.24) is 10.2 Å². The zero-order chi connectivity index (χ0) is 27.3. The Morgan fingerprint density at radius 1 is 1.14 bits per heavy atom. The number of anilines is 1. The van der Waals surface area contributed by atoms with Gasteiger partial charge >= 0.3 is 0 Å². The molecular formula is C26H32BrCl2N3O4S. The Labute approximate surface area is 237 Å². The average molecular weight is 633 g/mol. The van der Waals surface area contributed by atoms with Crippen LogP contribution in [0.15, 0.2) is 40.9 Å². The van der Waals surface area contributed by atoms with E-state index in [1.165, 1.54) is 4.90 Å². The molecule has 0 aromatic heterocycles. The Morgan fingerprint density at radius 2 is 1.76 bits per heavy atom. The Bertz CT molecular complexity index is 1230. The molecule has 2 aromatic rings. The van der Waals surface area contributed by atoms with Crippen LogP contribution in [0.5, 0.6) is 0 Å². The maximum absolute atomic E-state index is 13.8.